The summed E-state index contributed by atoms with van der Waals surface area (Å²) in [7, 11) is -2.39. The Hall–Kier alpha value is -3.16. The highest BCUT2D eigenvalue weighted by atomic mass is 32.2. The van der Waals surface area contributed by atoms with Gasteiger partial charge in [-0.15, -0.1) is 0 Å². The maximum Gasteiger partial charge on any atom is 0.243 e. The van der Waals surface area contributed by atoms with Crippen LogP contribution in [0.25, 0.3) is 0 Å². The largest absolute Gasteiger partial charge is 0.497 e. The lowest BCUT2D eigenvalue weighted by molar-refractivity contribution is -0.122. The minimum atomic E-state index is -3.90. The second kappa shape index (κ2) is 10.2. The van der Waals surface area contributed by atoms with Crippen molar-refractivity contribution in [1.82, 2.24) is 9.62 Å². The molecule has 3 aromatic rings. The van der Waals surface area contributed by atoms with E-state index in [9.17, 15) is 13.2 Å². The molecule has 0 unspecified atom stereocenters. The van der Waals surface area contributed by atoms with Gasteiger partial charge in [-0.1, -0.05) is 60.7 Å². The van der Waals surface area contributed by atoms with Gasteiger partial charge in [0.05, 0.1) is 24.6 Å². The molecule has 6 nitrogen and oxygen atoms in total. The molecule has 1 amide bonds. The van der Waals surface area contributed by atoms with Gasteiger partial charge < -0.3 is 10.1 Å². The first kappa shape index (κ1) is 22.5. The fourth-order valence-electron chi connectivity index (χ4n) is 3.18. The molecule has 0 heterocycles. The first-order valence-corrected chi connectivity index (χ1v) is 11.4. The van der Waals surface area contributed by atoms with E-state index < -0.39 is 10.0 Å². The topological polar surface area (TPSA) is 75.7 Å². The highest BCUT2D eigenvalue weighted by molar-refractivity contribution is 7.89. The first-order chi connectivity index (χ1) is 14.9. The van der Waals surface area contributed by atoms with E-state index in [-0.39, 0.29) is 29.9 Å². The average molecular weight is 439 g/mol. The van der Waals surface area contributed by atoms with Crippen LogP contribution in [0, 0.1) is 0 Å². The molecular weight excluding hydrogens is 412 g/mol. The zero-order valence-corrected chi connectivity index (χ0v) is 18.4. The maximum absolute atomic E-state index is 13.3. The second-order valence-electron chi connectivity index (χ2n) is 7.13. The number of rotatable bonds is 9. The molecule has 7 heteroatoms. The number of hydrogen-bond acceptors (Lipinski definition) is 4. The van der Waals surface area contributed by atoms with Gasteiger partial charge in [0, 0.05) is 6.54 Å². The number of carbonyl (C=O) groups excluding carboxylic acids is 1. The van der Waals surface area contributed by atoms with Crippen molar-refractivity contribution in [3.05, 3.63) is 96.1 Å². The van der Waals surface area contributed by atoms with Gasteiger partial charge in [0.25, 0.3) is 0 Å². The Morgan fingerprint density at radius 1 is 0.935 bits per heavy atom. The second-order valence-corrected chi connectivity index (χ2v) is 9.07. The van der Waals surface area contributed by atoms with E-state index in [1.54, 1.807) is 12.1 Å². The Morgan fingerprint density at radius 3 is 2.10 bits per heavy atom. The van der Waals surface area contributed by atoms with Gasteiger partial charge in [0.2, 0.25) is 15.9 Å². The Morgan fingerprint density at radius 2 is 1.52 bits per heavy atom. The number of carbonyl (C=O) groups is 1. The van der Waals surface area contributed by atoms with Crippen molar-refractivity contribution in [3.8, 4) is 5.75 Å². The van der Waals surface area contributed by atoms with Crippen LogP contribution >= 0.6 is 0 Å². The van der Waals surface area contributed by atoms with E-state index in [2.05, 4.69) is 5.32 Å². The summed E-state index contributed by atoms with van der Waals surface area (Å²) in [5.74, 6) is 0.187. The monoisotopic (exact) mass is 438 g/mol. The molecule has 0 aromatic heterocycles. The molecule has 0 fully saturated rings. The zero-order valence-electron chi connectivity index (χ0n) is 17.6. The van der Waals surface area contributed by atoms with Crippen molar-refractivity contribution in [3.63, 3.8) is 0 Å². The predicted molar refractivity (Wildman–Crippen MR) is 120 cm³/mol. The standard InChI is InChI=1S/C24H26N2O4S/c1-19(21-11-7-4-8-12-21)25-24(27)18-26(17-20-9-5-3-6-10-20)31(28,29)23-15-13-22(30-2)14-16-23/h3-16,19H,17-18H2,1-2H3,(H,25,27)/t19-/m1/s1. The van der Waals surface area contributed by atoms with Crippen LogP contribution in [0.2, 0.25) is 0 Å². The summed E-state index contributed by atoms with van der Waals surface area (Å²) in [6.45, 7) is 1.66. The van der Waals surface area contributed by atoms with Crippen LogP contribution in [-0.2, 0) is 21.4 Å². The molecule has 0 spiro atoms. The van der Waals surface area contributed by atoms with E-state index in [1.165, 1.54) is 23.5 Å². The number of hydrogen-bond donors (Lipinski definition) is 1. The number of nitrogens with one attached hydrogen (secondary N) is 1. The van der Waals surface area contributed by atoms with Gasteiger partial charge >= 0.3 is 0 Å². The van der Waals surface area contributed by atoms with Gasteiger partial charge in [-0.3, -0.25) is 4.79 Å². The van der Waals surface area contributed by atoms with E-state index in [4.69, 9.17) is 4.74 Å². The van der Waals surface area contributed by atoms with Gasteiger partial charge in [-0.05, 0) is 42.3 Å². The molecule has 31 heavy (non-hydrogen) atoms. The highest BCUT2D eigenvalue weighted by Gasteiger charge is 2.27. The summed E-state index contributed by atoms with van der Waals surface area (Å²) in [6, 6.07) is 24.6. The van der Waals surface area contributed by atoms with Crippen LogP contribution in [0.1, 0.15) is 24.1 Å². The van der Waals surface area contributed by atoms with Gasteiger partial charge in [-0.2, -0.15) is 4.31 Å². The average Bonchev–Trinajstić information content (AvgIpc) is 2.80. The van der Waals surface area contributed by atoms with E-state index in [0.29, 0.717) is 5.75 Å². The van der Waals surface area contributed by atoms with Gasteiger partial charge in [-0.25, -0.2) is 8.42 Å². The Bertz CT molecular complexity index is 1090. The van der Waals surface area contributed by atoms with E-state index in [0.717, 1.165) is 11.1 Å². The van der Waals surface area contributed by atoms with Crippen molar-refractivity contribution < 1.29 is 17.9 Å². The third-order valence-corrected chi connectivity index (χ3v) is 6.70. The van der Waals surface area contributed by atoms with Gasteiger partial charge in [0.1, 0.15) is 5.75 Å². The smallest absolute Gasteiger partial charge is 0.243 e. The lowest BCUT2D eigenvalue weighted by Crippen LogP contribution is -2.41. The Balaban J connectivity index is 1.82. The molecule has 162 valence electrons. The van der Waals surface area contributed by atoms with E-state index in [1.807, 2.05) is 67.6 Å². The van der Waals surface area contributed by atoms with Gasteiger partial charge in [0.15, 0.2) is 0 Å². The fraction of sp³-hybridized carbons (Fsp3) is 0.208. The lowest BCUT2D eigenvalue weighted by atomic mass is 10.1. The number of methoxy groups -OCH3 is 1. The number of sulfonamides is 1. The Kier molecular flexibility index (Phi) is 7.44. The summed E-state index contributed by atoms with van der Waals surface area (Å²) in [4.78, 5) is 12.9. The molecule has 1 N–H and O–H groups in total. The summed E-state index contributed by atoms with van der Waals surface area (Å²) in [5, 5.41) is 2.89. The molecule has 3 rings (SSSR count). The third-order valence-electron chi connectivity index (χ3n) is 4.90. The van der Waals surface area contributed by atoms with Crippen molar-refractivity contribution in [2.45, 2.75) is 24.4 Å². The van der Waals surface area contributed by atoms with Crippen LogP contribution in [0.15, 0.2) is 89.8 Å². The third kappa shape index (κ3) is 5.93. The maximum atomic E-state index is 13.3. The molecule has 3 aromatic carbocycles. The summed E-state index contributed by atoms with van der Waals surface area (Å²) in [6.07, 6.45) is 0. The van der Waals surface area contributed by atoms with Crippen molar-refractivity contribution in [2.24, 2.45) is 0 Å². The molecule has 0 saturated heterocycles. The number of amides is 1. The molecule has 0 aliphatic heterocycles. The number of nitrogens with zero attached hydrogens (tertiary/aromatic N) is 1. The molecule has 0 aliphatic carbocycles. The van der Waals surface area contributed by atoms with Crippen molar-refractivity contribution in [1.29, 1.82) is 0 Å². The molecule has 1 atom stereocenters. The predicted octanol–water partition coefficient (Wildman–Crippen LogP) is 3.76. The SMILES string of the molecule is COc1ccc(S(=O)(=O)N(CC(=O)N[C@H](C)c2ccccc2)Cc2ccccc2)cc1. The molecular formula is C24H26N2O4S. The summed E-state index contributed by atoms with van der Waals surface area (Å²) < 4.78 is 33.0. The van der Waals surface area contributed by atoms with Crippen LogP contribution in [0.3, 0.4) is 0 Å². The van der Waals surface area contributed by atoms with Crippen LogP contribution < -0.4 is 10.1 Å². The zero-order chi connectivity index (χ0) is 22.3. The molecule has 0 saturated carbocycles. The number of ether oxygens (including phenoxy) is 1. The normalized spacial score (nSPS) is 12.4. The minimum absolute atomic E-state index is 0.0857. The first-order valence-electron chi connectivity index (χ1n) is 9.92. The lowest BCUT2D eigenvalue weighted by Gasteiger charge is -2.23. The quantitative estimate of drug-likeness (QED) is 0.552. The Labute approximate surface area is 183 Å². The minimum Gasteiger partial charge on any atom is -0.497 e. The molecule has 0 radical (unpaired) electrons. The molecule has 0 bridgehead atoms. The van der Waals surface area contributed by atoms with Crippen LogP contribution in [0.5, 0.6) is 5.75 Å². The van der Waals surface area contributed by atoms with Crippen molar-refractivity contribution in [2.75, 3.05) is 13.7 Å². The van der Waals surface area contributed by atoms with Crippen LogP contribution in [-0.4, -0.2) is 32.3 Å². The number of benzene rings is 3. The summed E-state index contributed by atoms with van der Waals surface area (Å²) in [5.41, 5.74) is 1.74. The fourth-order valence-corrected chi connectivity index (χ4v) is 4.57. The summed E-state index contributed by atoms with van der Waals surface area (Å²) >= 11 is 0. The van der Waals surface area contributed by atoms with Crippen LogP contribution in [0.4, 0.5) is 0 Å². The molecule has 0 aliphatic rings. The van der Waals surface area contributed by atoms with E-state index >= 15 is 0 Å². The van der Waals surface area contributed by atoms with Crippen molar-refractivity contribution >= 4 is 15.9 Å². The highest BCUT2D eigenvalue weighted by Crippen LogP contribution is 2.21.